The molecule has 0 atom stereocenters. The molecule has 0 amide bonds. The zero-order valence-corrected chi connectivity index (χ0v) is 9.58. The van der Waals surface area contributed by atoms with E-state index in [1.54, 1.807) is 0 Å². The van der Waals surface area contributed by atoms with Crippen LogP contribution in [-0.4, -0.2) is 58.8 Å². The number of hydrogen-bond acceptors (Lipinski definition) is 5. The summed E-state index contributed by atoms with van der Waals surface area (Å²) in [6.07, 6.45) is 0. The third-order valence-corrected chi connectivity index (χ3v) is 3.21. The van der Waals surface area contributed by atoms with Crippen LogP contribution in [0.5, 0.6) is 11.5 Å². The van der Waals surface area contributed by atoms with E-state index in [1.807, 2.05) is 0 Å². The standard InChI is InChI=1S/C10H4B4O5/c11-8(12)4-2-6-5(18-10(13,14)19-6)1-3(4)7(15)9(8,16)17/h1-2,16-17H. The molecule has 86 valence electrons. The van der Waals surface area contributed by atoms with Crippen LogP contribution in [0.25, 0.3) is 0 Å². The maximum atomic E-state index is 11.9. The summed E-state index contributed by atoms with van der Waals surface area (Å²) >= 11 is 0. The monoisotopic (exact) mass is 248 g/mol. The lowest BCUT2D eigenvalue weighted by molar-refractivity contribution is -0.128. The highest BCUT2D eigenvalue weighted by atomic mass is 16.7. The second kappa shape index (κ2) is 3.22. The van der Waals surface area contributed by atoms with Gasteiger partial charge in [0.2, 0.25) is 11.6 Å². The largest absolute Gasteiger partial charge is 0.468 e. The Kier molecular flexibility index (Phi) is 2.15. The van der Waals surface area contributed by atoms with Gasteiger partial charge in [-0.2, -0.15) is 0 Å². The van der Waals surface area contributed by atoms with E-state index >= 15 is 0 Å². The predicted octanol–water partition coefficient (Wildman–Crippen LogP) is -2.23. The number of hydrogen-bond donors (Lipinski definition) is 2. The molecule has 1 aliphatic heterocycles. The fraction of sp³-hybridized carbons (Fsp3) is 0.300. The number of ketones is 1. The summed E-state index contributed by atoms with van der Waals surface area (Å²) in [6.45, 7) is 0. The summed E-state index contributed by atoms with van der Waals surface area (Å²) in [5, 5.41) is 17.3. The van der Waals surface area contributed by atoms with Crippen LogP contribution in [0.2, 0.25) is 0 Å². The fourth-order valence-electron chi connectivity index (χ4n) is 2.18. The van der Waals surface area contributed by atoms with Gasteiger partial charge in [0, 0.05) is 5.56 Å². The minimum atomic E-state index is -2.91. The van der Waals surface area contributed by atoms with Crippen LogP contribution in [-0.2, 0) is 5.21 Å². The smallest absolute Gasteiger partial charge is 0.222 e. The molecule has 1 aliphatic carbocycles. The Morgan fingerprint density at radius 1 is 1.00 bits per heavy atom. The minimum Gasteiger partial charge on any atom is -0.468 e. The first-order valence-electron chi connectivity index (χ1n) is 5.28. The van der Waals surface area contributed by atoms with E-state index in [2.05, 4.69) is 0 Å². The molecule has 1 heterocycles. The van der Waals surface area contributed by atoms with Crippen molar-refractivity contribution in [3.05, 3.63) is 23.3 Å². The number of Topliss-reactive ketones (excluding diaryl/α,β-unsaturated/α-hetero) is 1. The van der Waals surface area contributed by atoms with Crippen molar-refractivity contribution in [1.29, 1.82) is 0 Å². The van der Waals surface area contributed by atoms with Gasteiger partial charge in [-0.1, -0.05) is 0 Å². The summed E-state index contributed by atoms with van der Waals surface area (Å²) in [4.78, 5) is 11.9. The number of fused-ring (bicyclic) bond motifs is 2. The third-order valence-electron chi connectivity index (χ3n) is 3.21. The van der Waals surface area contributed by atoms with Crippen molar-refractivity contribution in [1.82, 2.24) is 0 Å². The van der Waals surface area contributed by atoms with Gasteiger partial charge in [0.15, 0.2) is 32.8 Å². The zero-order valence-electron chi connectivity index (χ0n) is 9.58. The van der Waals surface area contributed by atoms with Crippen LogP contribution in [0.4, 0.5) is 0 Å². The van der Waals surface area contributed by atoms with E-state index in [-0.39, 0.29) is 22.6 Å². The zero-order chi connectivity index (χ0) is 14.2. The number of carbonyl (C=O) groups excluding carboxylic acids is 1. The van der Waals surface area contributed by atoms with Crippen molar-refractivity contribution in [2.75, 3.05) is 0 Å². The fourth-order valence-corrected chi connectivity index (χ4v) is 2.18. The molecule has 5 nitrogen and oxygen atoms in total. The van der Waals surface area contributed by atoms with Crippen LogP contribution in [0, 0.1) is 0 Å². The van der Waals surface area contributed by atoms with Crippen molar-refractivity contribution >= 4 is 37.2 Å². The number of rotatable bonds is 0. The Hall–Kier alpha value is -1.33. The van der Waals surface area contributed by atoms with Crippen LogP contribution >= 0.6 is 0 Å². The first kappa shape index (κ1) is 12.7. The highest BCUT2D eigenvalue weighted by Crippen LogP contribution is 2.47. The maximum Gasteiger partial charge on any atom is 0.222 e. The molecule has 0 saturated heterocycles. The van der Waals surface area contributed by atoms with Gasteiger partial charge in [-0.3, -0.25) is 4.79 Å². The number of ether oxygens (including phenoxy) is 2. The Balaban J connectivity index is 2.21. The molecule has 0 saturated carbocycles. The van der Waals surface area contributed by atoms with Crippen molar-refractivity contribution in [2.45, 2.75) is 16.6 Å². The highest BCUT2D eigenvalue weighted by molar-refractivity contribution is 6.45. The van der Waals surface area contributed by atoms with E-state index in [4.69, 9.17) is 40.9 Å². The summed E-state index contributed by atoms with van der Waals surface area (Å²) in [5.74, 6) is -3.75. The Bertz CT molecular complexity index is 610. The summed E-state index contributed by atoms with van der Waals surface area (Å²) in [6, 6.07) is 2.45. The van der Waals surface area contributed by atoms with Crippen molar-refractivity contribution in [3.63, 3.8) is 0 Å². The molecule has 0 bridgehead atoms. The van der Waals surface area contributed by atoms with E-state index in [9.17, 15) is 15.0 Å². The van der Waals surface area contributed by atoms with Gasteiger partial charge in [-0.15, -0.1) is 0 Å². The Labute approximate surface area is 113 Å². The Morgan fingerprint density at radius 2 is 1.53 bits per heavy atom. The van der Waals surface area contributed by atoms with E-state index in [1.165, 1.54) is 12.1 Å². The lowest BCUT2D eigenvalue weighted by atomic mass is 9.49. The number of benzene rings is 1. The summed E-state index contributed by atoms with van der Waals surface area (Å²) in [7, 11) is 22.1. The SMILES string of the molecule is [B]C1([B])Oc2cc3c(cc2O1)C([B])([B])C(O)(O)C3=O. The molecule has 0 unspecified atom stereocenters. The van der Waals surface area contributed by atoms with Crippen LogP contribution in [0.1, 0.15) is 15.9 Å². The minimum absolute atomic E-state index is 0.00236. The van der Waals surface area contributed by atoms with Crippen molar-refractivity contribution in [2.24, 2.45) is 0 Å². The molecule has 2 N–H and O–H groups in total. The second-order valence-electron chi connectivity index (χ2n) is 4.64. The molecule has 8 radical (unpaired) electrons. The van der Waals surface area contributed by atoms with Crippen molar-refractivity contribution in [3.8, 4) is 11.5 Å². The second-order valence-corrected chi connectivity index (χ2v) is 4.64. The normalized spacial score (nSPS) is 24.2. The van der Waals surface area contributed by atoms with Gasteiger partial charge in [-0.05, 0) is 22.9 Å². The highest BCUT2D eigenvalue weighted by Gasteiger charge is 2.56. The van der Waals surface area contributed by atoms with Gasteiger partial charge in [0.1, 0.15) is 0 Å². The van der Waals surface area contributed by atoms with Crippen LogP contribution < -0.4 is 9.47 Å². The Morgan fingerprint density at radius 3 is 2.11 bits per heavy atom. The first-order valence-corrected chi connectivity index (χ1v) is 5.28. The lowest BCUT2D eigenvalue weighted by Crippen LogP contribution is -2.53. The molecule has 1 aromatic carbocycles. The molecule has 3 rings (SSSR count). The van der Waals surface area contributed by atoms with Gasteiger partial charge >= 0.3 is 0 Å². The van der Waals surface area contributed by atoms with Gasteiger partial charge < -0.3 is 19.7 Å². The van der Waals surface area contributed by atoms with Crippen molar-refractivity contribution < 1.29 is 24.5 Å². The average Bonchev–Trinajstić information content (AvgIpc) is 2.63. The molecule has 0 fully saturated rings. The molecule has 1 aromatic rings. The number of carbonyl (C=O) groups is 1. The average molecular weight is 247 g/mol. The number of aliphatic hydroxyl groups is 2. The van der Waals surface area contributed by atoms with E-state index in [0.29, 0.717) is 0 Å². The molecular weight excluding hydrogens is 243 g/mol. The van der Waals surface area contributed by atoms with Gasteiger partial charge in [0.05, 0.1) is 15.7 Å². The summed E-state index contributed by atoms with van der Waals surface area (Å²) in [5.41, 5.74) is -1.94. The first-order chi connectivity index (χ1) is 8.56. The summed E-state index contributed by atoms with van der Waals surface area (Å²) < 4.78 is 10.1. The molecular formula is C10H4B4O5. The van der Waals surface area contributed by atoms with Gasteiger partial charge in [-0.25, -0.2) is 0 Å². The maximum absolute atomic E-state index is 11.9. The third kappa shape index (κ3) is 1.45. The quantitative estimate of drug-likeness (QED) is 0.401. The topological polar surface area (TPSA) is 76.0 Å². The molecule has 2 aliphatic rings. The van der Waals surface area contributed by atoms with Gasteiger partial charge in [0.25, 0.3) is 0 Å². The molecule has 0 aromatic heterocycles. The van der Waals surface area contributed by atoms with E-state index in [0.717, 1.165) is 0 Å². The molecule has 0 spiro atoms. The predicted molar refractivity (Wildman–Crippen MR) is 66.6 cm³/mol. The van der Waals surface area contributed by atoms with Crippen LogP contribution in [0.3, 0.4) is 0 Å². The lowest BCUT2D eigenvalue weighted by Gasteiger charge is -2.31. The van der Waals surface area contributed by atoms with Crippen LogP contribution in [0.15, 0.2) is 12.1 Å². The molecule has 19 heavy (non-hydrogen) atoms. The van der Waals surface area contributed by atoms with E-state index < -0.39 is 22.4 Å². The molecule has 9 heteroatoms.